The van der Waals surface area contributed by atoms with Crippen molar-refractivity contribution in [2.45, 2.75) is 25.9 Å². The van der Waals surface area contributed by atoms with Crippen LogP contribution in [0.25, 0.3) is 0 Å². The van der Waals surface area contributed by atoms with Crippen LogP contribution in [0.2, 0.25) is 0 Å². The van der Waals surface area contributed by atoms with Gasteiger partial charge in [-0.05, 0) is 37.6 Å². The summed E-state index contributed by atoms with van der Waals surface area (Å²) in [6.45, 7) is 3.19. The van der Waals surface area contributed by atoms with E-state index < -0.39 is 0 Å². The standard InChI is InChI=1S/C21H26N2O2/c1-22(15-17-7-3-2-4-8-17)21(25)18-11-13-23(14-12-18)16-19-9-5-6-10-20(19)24/h2-10,18,24H,11-16H2,1H3. The predicted octanol–water partition coefficient (Wildman–Crippen LogP) is 3.26. The second kappa shape index (κ2) is 8.17. The zero-order valence-electron chi connectivity index (χ0n) is 14.8. The molecule has 4 nitrogen and oxygen atoms in total. The molecule has 2 aromatic carbocycles. The Morgan fingerprint density at radius 3 is 2.40 bits per heavy atom. The second-order valence-corrected chi connectivity index (χ2v) is 6.86. The highest BCUT2D eigenvalue weighted by Crippen LogP contribution is 2.24. The zero-order valence-corrected chi connectivity index (χ0v) is 14.8. The van der Waals surface area contributed by atoms with E-state index in [9.17, 15) is 9.90 Å². The highest BCUT2D eigenvalue weighted by Gasteiger charge is 2.27. The topological polar surface area (TPSA) is 43.8 Å². The van der Waals surface area contributed by atoms with Gasteiger partial charge in [-0.1, -0.05) is 48.5 Å². The Hall–Kier alpha value is -2.33. The molecule has 2 aromatic rings. The quantitative estimate of drug-likeness (QED) is 0.910. The van der Waals surface area contributed by atoms with E-state index in [2.05, 4.69) is 17.0 Å². The smallest absolute Gasteiger partial charge is 0.225 e. The molecule has 1 aliphatic heterocycles. The van der Waals surface area contributed by atoms with Gasteiger partial charge in [0.25, 0.3) is 0 Å². The van der Waals surface area contributed by atoms with Gasteiger partial charge in [-0.25, -0.2) is 0 Å². The minimum atomic E-state index is 0.106. The van der Waals surface area contributed by atoms with Crippen LogP contribution in [0, 0.1) is 5.92 Å². The largest absolute Gasteiger partial charge is 0.508 e. The first-order valence-corrected chi connectivity index (χ1v) is 8.91. The summed E-state index contributed by atoms with van der Waals surface area (Å²) in [7, 11) is 1.89. The molecule has 1 saturated heterocycles. The molecule has 0 atom stereocenters. The van der Waals surface area contributed by atoms with Crippen LogP contribution < -0.4 is 0 Å². The number of benzene rings is 2. The summed E-state index contributed by atoms with van der Waals surface area (Å²) in [6.07, 6.45) is 1.76. The van der Waals surface area contributed by atoms with Gasteiger partial charge in [-0.15, -0.1) is 0 Å². The highest BCUT2D eigenvalue weighted by atomic mass is 16.3. The fraction of sp³-hybridized carbons (Fsp3) is 0.381. The number of piperidine rings is 1. The van der Waals surface area contributed by atoms with E-state index in [0.717, 1.165) is 43.6 Å². The Kier molecular flexibility index (Phi) is 5.71. The molecule has 1 fully saturated rings. The lowest BCUT2D eigenvalue weighted by Gasteiger charge is -2.33. The lowest BCUT2D eigenvalue weighted by atomic mass is 9.95. The molecular weight excluding hydrogens is 312 g/mol. The number of hydrogen-bond donors (Lipinski definition) is 1. The Labute approximate surface area is 149 Å². The summed E-state index contributed by atoms with van der Waals surface area (Å²) in [5.74, 6) is 0.698. The van der Waals surface area contributed by atoms with Crippen molar-refractivity contribution in [1.29, 1.82) is 0 Å². The SMILES string of the molecule is CN(Cc1ccccc1)C(=O)C1CCN(Cc2ccccc2O)CC1. The van der Waals surface area contributed by atoms with Crippen molar-refractivity contribution < 1.29 is 9.90 Å². The van der Waals surface area contributed by atoms with Gasteiger partial charge < -0.3 is 10.0 Å². The predicted molar refractivity (Wildman–Crippen MR) is 99.0 cm³/mol. The normalized spacial score (nSPS) is 15.9. The van der Waals surface area contributed by atoms with E-state index >= 15 is 0 Å². The summed E-state index contributed by atoms with van der Waals surface area (Å²) in [6, 6.07) is 17.6. The van der Waals surface area contributed by atoms with Crippen molar-refractivity contribution in [1.82, 2.24) is 9.80 Å². The number of phenolic OH excluding ortho intramolecular Hbond substituents is 1. The Bertz CT molecular complexity index is 694. The van der Waals surface area contributed by atoms with Crippen LogP contribution in [0.3, 0.4) is 0 Å². The van der Waals surface area contributed by atoms with Crippen LogP contribution in [0.4, 0.5) is 0 Å². The summed E-state index contributed by atoms with van der Waals surface area (Å²) in [4.78, 5) is 16.9. The maximum absolute atomic E-state index is 12.7. The molecule has 1 amide bonds. The molecule has 25 heavy (non-hydrogen) atoms. The van der Waals surface area contributed by atoms with Crippen molar-refractivity contribution in [2.75, 3.05) is 20.1 Å². The average Bonchev–Trinajstić information content (AvgIpc) is 2.64. The van der Waals surface area contributed by atoms with Crippen LogP contribution >= 0.6 is 0 Å². The van der Waals surface area contributed by atoms with Gasteiger partial charge >= 0.3 is 0 Å². The molecule has 132 valence electrons. The van der Waals surface area contributed by atoms with Crippen molar-refractivity contribution in [3.8, 4) is 5.75 Å². The average molecular weight is 338 g/mol. The number of likely N-dealkylation sites (tertiary alicyclic amines) is 1. The molecule has 0 aromatic heterocycles. The van der Waals surface area contributed by atoms with Crippen molar-refractivity contribution in [3.63, 3.8) is 0 Å². The van der Waals surface area contributed by atoms with Gasteiger partial charge in [-0.2, -0.15) is 0 Å². The Morgan fingerprint density at radius 1 is 1.08 bits per heavy atom. The number of nitrogens with zero attached hydrogens (tertiary/aromatic N) is 2. The Morgan fingerprint density at radius 2 is 1.72 bits per heavy atom. The van der Waals surface area contributed by atoms with Crippen LogP contribution in [0.15, 0.2) is 54.6 Å². The lowest BCUT2D eigenvalue weighted by molar-refractivity contribution is -0.136. The Balaban J connectivity index is 1.50. The van der Waals surface area contributed by atoms with Crippen molar-refractivity contribution in [3.05, 3.63) is 65.7 Å². The van der Waals surface area contributed by atoms with Gasteiger partial charge in [0.1, 0.15) is 5.75 Å². The summed E-state index contributed by atoms with van der Waals surface area (Å²) in [5.41, 5.74) is 2.11. The molecule has 0 spiro atoms. The number of hydrogen-bond acceptors (Lipinski definition) is 3. The van der Waals surface area contributed by atoms with Crippen LogP contribution in [0.5, 0.6) is 5.75 Å². The number of phenols is 1. The zero-order chi connectivity index (χ0) is 17.6. The van der Waals surface area contributed by atoms with Crippen LogP contribution in [-0.4, -0.2) is 41.0 Å². The molecule has 1 heterocycles. The van der Waals surface area contributed by atoms with Crippen molar-refractivity contribution in [2.24, 2.45) is 5.92 Å². The van der Waals surface area contributed by atoms with E-state index in [0.29, 0.717) is 12.3 Å². The second-order valence-electron chi connectivity index (χ2n) is 6.86. The van der Waals surface area contributed by atoms with E-state index in [1.54, 1.807) is 6.07 Å². The molecule has 1 aliphatic rings. The molecule has 3 rings (SSSR count). The van der Waals surface area contributed by atoms with Gasteiger partial charge in [-0.3, -0.25) is 9.69 Å². The number of rotatable bonds is 5. The summed E-state index contributed by atoms with van der Waals surface area (Å²) < 4.78 is 0. The fourth-order valence-electron chi connectivity index (χ4n) is 3.47. The van der Waals surface area contributed by atoms with Gasteiger partial charge in [0.05, 0.1) is 0 Å². The van der Waals surface area contributed by atoms with Crippen LogP contribution in [0.1, 0.15) is 24.0 Å². The molecular formula is C21H26N2O2. The third-order valence-corrected chi connectivity index (χ3v) is 4.96. The van der Waals surface area contributed by atoms with Crippen LogP contribution in [-0.2, 0) is 17.9 Å². The first-order chi connectivity index (χ1) is 12.1. The molecule has 1 N–H and O–H groups in total. The summed E-state index contributed by atoms with van der Waals surface area (Å²) in [5, 5.41) is 9.91. The highest BCUT2D eigenvalue weighted by molar-refractivity contribution is 5.78. The maximum atomic E-state index is 12.7. The molecule has 0 aliphatic carbocycles. The molecule has 4 heteroatoms. The first-order valence-electron chi connectivity index (χ1n) is 8.91. The van der Waals surface area contributed by atoms with Crippen molar-refractivity contribution >= 4 is 5.91 Å². The third-order valence-electron chi connectivity index (χ3n) is 4.96. The van der Waals surface area contributed by atoms with E-state index in [1.807, 2.05) is 48.3 Å². The number of amides is 1. The minimum absolute atomic E-state index is 0.106. The molecule has 0 saturated carbocycles. The maximum Gasteiger partial charge on any atom is 0.225 e. The van der Waals surface area contributed by atoms with Gasteiger partial charge in [0, 0.05) is 31.6 Å². The first kappa shape index (κ1) is 17.5. The lowest BCUT2D eigenvalue weighted by Crippen LogP contribution is -2.40. The molecule has 0 bridgehead atoms. The van der Waals surface area contributed by atoms with E-state index in [-0.39, 0.29) is 11.8 Å². The van der Waals surface area contributed by atoms with Gasteiger partial charge in [0.2, 0.25) is 5.91 Å². The number of para-hydroxylation sites is 1. The van der Waals surface area contributed by atoms with E-state index in [4.69, 9.17) is 0 Å². The third kappa shape index (κ3) is 4.60. The number of carbonyl (C=O) groups excluding carboxylic acids is 1. The van der Waals surface area contributed by atoms with E-state index in [1.165, 1.54) is 0 Å². The molecule has 0 radical (unpaired) electrons. The number of aromatic hydroxyl groups is 1. The number of carbonyl (C=O) groups is 1. The van der Waals surface area contributed by atoms with Gasteiger partial charge in [0.15, 0.2) is 0 Å². The monoisotopic (exact) mass is 338 g/mol. The molecule has 0 unspecified atom stereocenters. The minimum Gasteiger partial charge on any atom is -0.508 e. The summed E-state index contributed by atoms with van der Waals surface area (Å²) >= 11 is 0. The fourth-order valence-corrected chi connectivity index (χ4v) is 3.47.